The molecule has 6 nitrogen and oxygen atoms in total. The minimum absolute atomic E-state index is 0.211. The van der Waals surface area contributed by atoms with Crippen LogP contribution in [0.3, 0.4) is 0 Å². The lowest BCUT2D eigenvalue weighted by Crippen LogP contribution is -2.27. The first kappa shape index (κ1) is 12.5. The summed E-state index contributed by atoms with van der Waals surface area (Å²) < 4.78 is 11.0. The Labute approximate surface area is 114 Å². The number of hydrogen-bond donors (Lipinski definition) is 1. The number of anilines is 1. The van der Waals surface area contributed by atoms with Crippen LogP contribution >= 0.6 is 11.6 Å². The van der Waals surface area contributed by atoms with Crippen LogP contribution in [-0.2, 0) is 15.9 Å². The standard InChI is InChI=1S/C12H13ClN4O2/c13-9-3-2-7-11(17-9)8(16-12(14)15-7)6-10-18-4-1-5-19-10/h2-3,10H,1,4-6H2,(H2,14,15,16). The number of nitrogen functional groups attached to an aromatic ring is 1. The Morgan fingerprint density at radius 3 is 2.79 bits per heavy atom. The second-order valence-corrected chi connectivity index (χ2v) is 4.65. The SMILES string of the molecule is Nc1nc(CC2OCCCO2)c2nc(Cl)ccc2n1. The maximum absolute atomic E-state index is 5.91. The van der Waals surface area contributed by atoms with E-state index < -0.39 is 0 Å². The zero-order valence-electron chi connectivity index (χ0n) is 10.2. The highest BCUT2D eigenvalue weighted by atomic mass is 35.5. The van der Waals surface area contributed by atoms with Crippen LogP contribution in [-0.4, -0.2) is 34.5 Å². The molecule has 0 aromatic carbocycles. The van der Waals surface area contributed by atoms with Crippen LogP contribution in [0.5, 0.6) is 0 Å². The first-order valence-electron chi connectivity index (χ1n) is 6.04. The minimum atomic E-state index is -0.313. The van der Waals surface area contributed by atoms with Gasteiger partial charge in [-0.15, -0.1) is 0 Å². The van der Waals surface area contributed by atoms with Gasteiger partial charge in [-0.1, -0.05) is 11.6 Å². The molecule has 1 aliphatic heterocycles. The van der Waals surface area contributed by atoms with Crippen molar-refractivity contribution in [1.82, 2.24) is 15.0 Å². The monoisotopic (exact) mass is 280 g/mol. The van der Waals surface area contributed by atoms with Crippen LogP contribution in [0.4, 0.5) is 5.95 Å². The van der Waals surface area contributed by atoms with Gasteiger partial charge < -0.3 is 15.2 Å². The normalized spacial score (nSPS) is 16.9. The molecule has 3 heterocycles. The van der Waals surface area contributed by atoms with Crippen molar-refractivity contribution in [3.8, 4) is 0 Å². The quantitative estimate of drug-likeness (QED) is 0.841. The molecule has 1 fully saturated rings. The number of hydrogen-bond acceptors (Lipinski definition) is 6. The van der Waals surface area contributed by atoms with Gasteiger partial charge in [0.1, 0.15) is 10.7 Å². The fourth-order valence-corrected chi connectivity index (χ4v) is 2.17. The van der Waals surface area contributed by atoms with Gasteiger partial charge in [-0.25, -0.2) is 15.0 Å². The van der Waals surface area contributed by atoms with Crippen molar-refractivity contribution in [3.63, 3.8) is 0 Å². The Balaban J connectivity index is 1.98. The highest BCUT2D eigenvalue weighted by Gasteiger charge is 2.18. The number of fused-ring (bicyclic) bond motifs is 1. The molecule has 0 bridgehead atoms. The van der Waals surface area contributed by atoms with E-state index in [1.807, 2.05) is 0 Å². The topological polar surface area (TPSA) is 83.2 Å². The summed E-state index contributed by atoms with van der Waals surface area (Å²) >= 11 is 5.91. The van der Waals surface area contributed by atoms with E-state index in [-0.39, 0.29) is 12.2 Å². The number of aromatic nitrogens is 3. The molecule has 2 N–H and O–H groups in total. The Morgan fingerprint density at radius 1 is 1.21 bits per heavy atom. The van der Waals surface area contributed by atoms with E-state index in [2.05, 4.69) is 15.0 Å². The lowest BCUT2D eigenvalue weighted by Gasteiger charge is -2.23. The maximum atomic E-state index is 5.91. The first-order chi connectivity index (χ1) is 9.22. The summed E-state index contributed by atoms with van der Waals surface area (Å²) in [5, 5.41) is 0.396. The molecule has 2 aromatic heterocycles. The summed E-state index contributed by atoms with van der Waals surface area (Å²) in [6.45, 7) is 1.38. The Kier molecular flexibility index (Phi) is 3.46. The average Bonchev–Trinajstić information content (AvgIpc) is 2.41. The van der Waals surface area contributed by atoms with Crippen LogP contribution in [0.1, 0.15) is 12.1 Å². The third kappa shape index (κ3) is 2.75. The molecule has 7 heteroatoms. The smallest absolute Gasteiger partial charge is 0.220 e. The van der Waals surface area contributed by atoms with Gasteiger partial charge in [0.2, 0.25) is 5.95 Å². The zero-order chi connectivity index (χ0) is 13.2. The second-order valence-electron chi connectivity index (χ2n) is 4.26. The largest absolute Gasteiger partial charge is 0.368 e. The maximum Gasteiger partial charge on any atom is 0.220 e. The summed E-state index contributed by atoms with van der Waals surface area (Å²) in [5.41, 5.74) is 7.70. The molecule has 0 radical (unpaired) electrons. The molecular formula is C12H13ClN4O2. The molecular weight excluding hydrogens is 268 g/mol. The van der Waals surface area contributed by atoms with E-state index in [1.54, 1.807) is 12.1 Å². The number of nitrogens with two attached hydrogens (primary N) is 1. The van der Waals surface area contributed by atoms with Gasteiger partial charge in [-0.2, -0.15) is 0 Å². The fraction of sp³-hybridized carbons (Fsp3) is 0.417. The summed E-state index contributed by atoms with van der Waals surface area (Å²) in [4.78, 5) is 12.6. The summed E-state index contributed by atoms with van der Waals surface area (Å²) in [6, 6.07) is 3.45. The Morgan fingerprint density at radius 2 is 2.00 bits per heavy atom. The van der Waals surface area contributed by atoms with Crippen molar-refractivity contribution in [2.24, 2.45) is 0 Å². The summed E-state index contributed by atoms with van der Waals surface area (Å²) in [5.74, 6) is 0.211. The molecule has 3 rings (SSSR count). The molecule has 1 aliphatic rings. The number of pyridine rings is 1. The van der Waals surface area contributed by atoms with Crippen molar-refractivity contribution in [3.05, 3.63) is 23.0 Å². The number of nitrogens with zero attached hydrogens (tertiary/aromatic N) is 3. The highest BCUT2D eigenvalue weighted by Crippen LogP contribution is 2.20. The van der Waals surface area contributed by atoms with Gasteiger partial charge in [0, 0.05) is 6.42 Å². The van der Waals surface area contributed by atoms with Crippen LogP contribution in [0, 0.1) is 0 Å². The molecule has 2 aromatic rings. The number of halogens is 1. The molecule has 0 unspecified atom stereocenters. The Hall–Kier alpha value is -1.50. The summed E-state index contributed by atoms with van der Waals surface area (Å²) in [6.07, 6.45) is 1.08. The predicted molar refractivity (Wildman–Crippen MR) is 70.8 cm³/mol. The van der Waals surface area contributed by atoms with Crippen molar-refractivity contribution in [2.45, 2.75) is 19.1 Å². The van der Waals surface area contributed by atoms with Crippen molar-refractivity contribution >= 4 is 28.6 Å². The van der Waals surface area contributed by atoms with E-state index >= 15 is 0 Å². The predicted octanol–water partition coefficient (Wildman–Crippen LogP) is 1.57. The molecule has 19 heavy (non-hydrogen) atoms. The first-order valence-corrected chi connectivity index (χ1v) is 6.42. The van der Waals surface area contributed by atoms with Crippen LogP contribution < -0.4 is 5.73 Å². The van der Waals surface area contributed by atoms with E-state index in [0.29, 0.717) is 41.5 Å². The van der Waals surface area contributed by atoms with E-state index in [9.17, 15) is 0 Å². The molecule has 100 valence electrons. The third-order valence-corrected chi connectivity index (χ3v) is 3.06. The van der Waals surface area contributed by atoms with Crippen molar-refractivity contribution in [2.75, 3.05) is 18.9 Å². The third-order valence-electron chi connectivity index (χ3n) is 2.85. The number of rotatable bonds is 2. The molecule has 0 spiro atoms. The van der Waals surface area contributed by atoms with Gasteiger partial charge in [0.25, 0.3) is 0 Å². The molecule has 0 atom stereocenters. The molecule has 0 aliphatic carbocycles. The van der Waals surface area contributed by atoms with Gasteiger partial charge in [-0.3, -0.25) is 0 Å². The molecule has 0 saturated carbocycles. The van der Waals surface area contributed by atoms with Crippen molar-refractivity contribution in [1.29, 1.82) is 0 Å². The van der Waals surface area contributed by atoms with Crippen LogP contribution in [0.2, 0.25) is 5.15 Å². The van der Waals surface area contributed by atoms with E-state index in [4.69, 9.17) is 26.8 Å². The van der Waals surface area contributed by atoms with E-state index in [0.717, 1.165) is 6.42 Å². The van der Waals surface area contributed by atoms with Crippen molar-refractivity contribution < 1.29 is 9.47 Å². The lowest BCUT2D eigenvalue weighted by molar-refractivity contribution is -0.177. The van der Waals surface area contributed by atoms with Crippen LogP contribution in [0.15, 0.2) is 12.1 Å². The average molecular weight is 281 g/mol. The molecule has 0 amide bonds. The van der Waals surface area contributed by atoms with Gasteiger partial charge >= 0.3 is 0 Å². The lowest BCUT2D eigenvalue weighted by atomic mass is 10.2. The molecule has 1 saturated heterocycles. The zero-order valence-corrected chi connectivity index (χ0v) is 10.9. The fourth-order valence-electron chi connectivity index (χ4n) is 2.02. The second kappa shape index (κ2) is 5.24. The summed E-state index contributed by atoms with van der Waals surface area (Å²) in [7, 11) is 0. The van der Waals surface area contributed by atoms with Crippen LogP contribution in [0.25, 0.3) is 11.0 Å². The minimum Gasteiger partial charge on any atom is -0.368 e. The Bertz CT molecular complexity index is 602. The van der Waals surface area contributed by atoms with Gasteiger partial charge in [-0.05, 0) is 18.6 Å². The van der Waals surface area contributed by atoms with E-state index in [1.165, 1.54) is 0 Å². The van der Waals surface area contributed by atoms with Gasteiger partial charge in [0.05, 0.1) is 24.4 Å². The number of ether oxygens (including phenoxy) is 2. The highest BCUT2D eigenvalue weighted by molar-refractivity contribution is 6.29. The van der Waals surface area contributed by atoms with Gasteiger partial charge in [0.15, 0.2) is 6.29 Å².